The van der Waals surface area contributed by atoms with Crippen molar-refractivity contribution in [3.05, 3.63) is 0 Å². The van der Waals surface area contributed by atoms with Crippen LogP contribution < -0.4 is 5.32 Å². The largest absolute Gasteiger partial charge is 0.382 e. The molecule has 0 aromatic carbocycles. The summed E-state index contributed by atoms with van der Waals surface area (Å²) in [5, 5.41) is 2.70. The van der Waals surface area contributed by atoms with Crippen LogP contribution in [-0.4, -0.2) is 62.8 Å². The van der Waals surface area contributed by atoms with Crippen molar-refractivity contribution in [1.82, 2.24) is 10.2 Å². The quantitative estimate of drug-likeness (QED) is 0.615. The van der Waals surface area contributed by atoms with E-state index in [-0.39, 0.29) is 18.4 Å². The van der Waals surface area contributed by atoms with Crippen molar-refractivity contribution in [2.45, 2.75) is 13.0 Å². The van der Waals surface area contributed by atoms with Gasteiger partial charge in [-0.3, -0.25) is 9.59 Å². The summed E-state index contributed by atoms with van der Waals surface area (Å²) >= 11 is 0. The van der Waals surface area contributed by atoms with Crippen LogP contribution in [0.25, 0.3) is 0 Å². The molecular formula is C10H18N2O4. The minimum atomic E-state index is -0.410. The molecule has 6 nitrogen and oxygen atoms in total. The number of carbonyl (C=O) groups is 2. The second-order valence-electron chi connectivity index (χ2n) is 3.60. The molecule has 0 bridgehead atoms. The van der Waals surface area contributed by atoms with Gasteiger partial charge in [-0.25, -0.2) is 0 Å². The standard InChI is InChI=1S/C10H18N2O4/c1-8-10(14)11-3-4-12(8)9(13)7-16-6-5-15-2/h8H,3-7H2,1-2H3,(H,11,14). The number of nitrogens with zero attached hydrogens (tertiary/aromatic N) is 1. The Kier molecular flexibility index (Phi) is 5.21. The highest BCUT2D eigenvalue weighted by Crippen LogP contribution is 2.04. The predicted octanol–water partition coefficient (Wildman–Crippen LogP) is -1.00. The van der Waals surface area contributed by atoms with Crippen LogP contribution in [-0.2, 0) is 19.1 Å². The molecule has 0 aliphatic carbocycles. The Bertz CT molecular complexity index is 257. The smallest absolute Gasteiger partial charge is 0.249 e. The van der Waals surface area contributed by atoms with Crippen LogP contribution in [0, 0.1) is 0 Å². The van der Waals surface area contributed by atoms with E-state index in [0.29, 0.717) is 26.3 Å². The zero-order valence-corrected chi connectivity index (χ0v) is 9.69. The summed E-state index contributed by atoms with van der Waals surface area (Å²) < 4.78 is 9.92. The average molecular weight is 230 g/mol. The lowest BCUT2D eigenvalue weighted by Crippen LogP contribution is -2.56. The molecule has 1 heterocycles. The molecule has 0 radical (unpaired) electrons. The molecule has 1 aliphatic rings. The molecule has 0 saturated carbocycles. The summed E-state index contributed by atoms with van der Waals surface area (Å²) in [5.74, 6) is -0.269. The van der Waals surface area contributed by atoms with Gasteiger partial charge in [0.2, 0.25) is 11.8 Å². The monoisotopic (exact) mass is 230 g/mol. The SMILES string of the molecule is COCCOCC(=O)N1CCNC(=O)C1C. The zero-order chi connectivity index (χ0) is 12.0. The summed E-state index contributed by atoms with van der Waals surface area (Å²) in [6.45, 7) is 3.61. The van der Waals surface area contributed by atoms with Crippen LogP contribution in [0.4, 0.5) is 0 Å². The number of ether oxygens (including phenoxy) is 2. The van der Waals surface area contributed by atoms with E-state index in [1.807, 2.05) is 0 Å². The Hall–Kier alpha value is -1.14. The van der Waals surface area contributed by atoms with Crippen LogP contribution in [0.5, 0.6) is 0 Å². The van der Waals surface area contributed by atoms with Gasteiger partial charge in [-0.05, 0) is 6.92 Å². The average Bonchev–Trinajstić information content (AvgIpc) is 2.28. The van der Waals surface area contributed by atoms with Crippen molar-refractivity contribution >= 4 is 11.8 Å². The van der Waals surface area contributed by atoms with Gasteiger partial charge in [-0.15, -0.1) is 0 Å². The fraction of sp³-hybridized carbons (Fsp3) is 0.800. The summed E-state index contributed by atoms with van der Waals surface area (Å²) in [5.41, 5.74) is 0. The lowest BCUT2D eigenvalue weighted by molar-refractivity contribution is -0.146. The van der Waals surface area contributed by atoms with Gasteiger partial charge in [0.25, 0.3) is 0 Å². The first kappa shape index (κ1) is 12.9. The third-order valence-electron chi connectivity index (χ3n) is 2.48. The molecular weight excluding hydrogens is 212 g/mol. The molecule has 92 valence electrons. The van der Waals surface area contributed by atoms with Gasteiger partial charge >= 0.3 is 0 Å². The maximum atomic E-state index is 11.7. The van der Waals surface area contributed by atoms with Crippen LogP contribution >= 0.6 is 0 Å². The van der Waals surface area contributed by atoms with E-state index in [2.05, 4.69) is 5.32 Å². The molecule has 0 aromatic heterocycles. The molecule has 0 spiro atoms. The number of hydrogen-bond donors (Lipinski definition) is 1. The Labute approximate surface area is 94.9 Å². The van der Waals surface area contributed by atoms with Gasteiger partial charge in [0.15, 0.2) is 0 Å². The first-order valence-corrected chi connectivity index (χ1v) is 5.30. The summed E-state index contributed by atoms with van der Waals surface area (Å²) in [7, 11) is 1.57. The molecule has 1 saturated heterocycles. The van der Waals surface area contributed by atoms with Gasteiger partial charge in [-0.1, -0.05) is 0 Å². The van der Waals surface area contributed by atoms with Crippen LogP contribution in [0.15, 0.2) is 0 Å². The first-order chi connectivity index (χ1) is 7.66. The minimum Gasteiger partial charge on any atom is -0.382 e. The van der Waals surface area contributed by atoms with Crippen LogP contribution in [0.3, 0.4) is 0 Å². The highest BCUT2D eigenvalue weighted by molar-refractivity contribution is 5.88. The van der Waals surface area contributed by atoms with E-state index in [0.717, 1.165) is 0 Å². The summed E-state index contributed by atoms with van der Waals surface area (Å²) in [6.07, 6.45) is 0. The van der Waals surface area contributed by atoms with Crippen molar-refractivity contribution in [1.29, 1.82) is 0 Å². The van der Waals surface area contributed by atoms with Crippen LogP contribution in [0.1, 0.15) is 6.92 Å². The number of amides is 2. The van der Waals surface area contributed by atoms with Crippen molar-refractivity contribution in [2.75, 3.05) is 40.0 Å². The van der Waals surface area contributed by atoms with Crippen molar-refractivity contribution in [2.24, 2.45) is 0 Å². The number of methoxy groups -OCH3 is 1. The fourth-order valence-corrected chi connectivity index (χ4v) is 1.51. The lowest BCUT2D eigenvalue weighted by atomic mass is 10.2. The maximum absolute atomic E-state index is 11.7. The van der Waals surface area contributed by atoms with E-state index in [4.69, 9.17) is 9.47 Å². The highest BCUT2D eigenvalue weighted by atomic mass is 16.5. The molecule has 1 rings (SSSR count). The van der Waals surface area contributed by atoms with Crippen molar-refractivity contribution < 1.29 is 19.1 Å². The van der Waals surface area contributed by atoms with Gasteiger partial charge in [0, 0.05) is 20.2 Å². The van der Waals surface area contributed by atoms with E-state index in [1.54, 1.807) is 14.0 Å². The molecule has 1 atom stereocenters. The normalized spacial score (nSPS) is 20.8. The fourth-order valence-electron chi connectivity index (χ4n) is 1.51. The second kappa shape index (κ2) is 6.44. The minimum absolute atomic E-state index is 0.000972. The molecule has 6 heteroatoms. The van der Waals surface area contributed by atoms with E-state index < -0.39 is 6.04 Å². The molecule has 1 aliphatic heterocycles. The third kappa shape index (κ3) is 3.46. The lowest BCUT2D eigenvalue weighted by Gasteiger charge is -2.32. The van der Waals surface area contributed by atoms with Crippen molar-refractivity contribution in [3.63, 3.8) is 0 Å². The second-order valence-corrected chi connectivity index (χ2v) is 3.60. The topological polar surface area (TPSA) is 67.9 Å². The van der Waals surface area contributed by atoms with Gasteiger partial charge in [0.05, 0.1) is 13.2 Å². The maximum Gasteiger partial charge on any atom is 0.249 e. The Balaban J connectivity index is 2.32. The van der Waals surface area contributed by atoms with E-state index in [9.17, 15) is 9.59 Å². The zero-order valence-electron chi connectivity index (χ0n) is 9.69. The molecule has 1 unspecified atom stereocenters. The van der Waals surface area contributed by atoms with Crippen LogP contribution in [0.2, 0.25) is 0 Å². The highest BCUT2D eigenvalue weighted by Gasteiger charge is 2.28. The van der Waals surface area contributed by atoms with Gasteiger partial charge in [0.1, 0.15) is 12.6 Å². The molecule has 2 amide bonds. The molecule has 16 heavy (non-hydrogen) atoms. The third-order valence-corrected chi connectivity index (χ3v) is 2.48. The molecule has 1 fully saturated rings. The number of hydrogen-bond acceptors (Lipinski definition) is 4. The summed E-state index contributed by atoms with van der Waals surface area (Å²) in [4.78, 5) is 24.6. The number of carbonyl (C=O) groups excluding carboxylic acids is 2. The predicted molar refractivity (Wildman–Crippen MR) is 56.9 cm³/mol. The van der Waals surface area contributed by atoms with E-state index in [1.165, 1.54) is 4.90 Å². The van der Waals surface area contributed by atoms with Gasteiger partial charge < -0.3 is 19.7 Å². The Morgan fingerprint density at radius 2 is 2.31 bits per heavy atom. The summed E-state index contributed by atoms with van der Waals surface area (Å²) in [6, 6.07) is -0.410. The number of nitrogens with one attached hydrogen (secondary N) is 1. The first-order valence-electron chi connectivity index (χ1n) is 5.30. The van der Waals surface area contributed by atoms with E-state index >= 15 is 0 Å². The number of rotatable bonds is 5. The Morgan fingerprint density at radius 1 is 1.56 bits per heavy atom. The van der Waals surface area contributed by atoms with Crippen molar-refractivity contribution in [3.8, 4) is 0 Å². The number of piperazine rings is 1. The van der Waals surface area contributed by atoms with Gasteiger partial charge in [-0.2, -0.15) is 0 Å². The molecule has 1 N–H and O–H groups in total. The molecule has 0 aromatic rings. The Morgan fingerprint density at radius 3 is 3.00 bits per heavy atom.